The Bertz CT molecular complexity index is 755. The van der Waals surface area contributed by atoms with E-state index in [0.29, 0.717) is 6.61 Å². The summed E-state index contributed by atoms with van der Waals surface area (Å²) in [5, 5.41) is 0. The van der Waals surface area contributed by atoms with Crippen LogP contribution in [0.25, 0.3) is 11.3 Å². The quantitative estimate of drug-likeness (QED) is 0.700. The van der Waals surface area contributed by atoms with E-state index in [1.165, 1.54) is 5.56 Å². The molecule has 0 spiro atoms. The van der Waals surface area contributed by atoms with Crippen LogP contribution in [0.1, 0.15) is 18.3 Å². The van der Waals surface area contributed by atoms with Crippen LogP contribution < -0.4 is 5.73 Å². The van der Waals surface area contributed by atoms with E-state index in [9.17, 15) is 4.79 Å². The van der Waals surface area contributed by atoms with Crippen molar-refractivity contribution in [2.45, 2.75) is 20.0 Å². The standard InChI is InChI=1S/C11H12N2.C9H11NO2/c1-2-11-12-8-10(13-11)9-6-4-3-5-7-9;10-6-9(11)12-7-8-4-2-1-3-5-8/h3-8H,2H2,1H3,(H,12,13);1-5H,6-7,10H2. The second-order valence-electron chi connectivity index (χ2n) is 5.31. The summed E-state index contributed by atoms with van der Waals surface area (Å²) in [6.45, 7) is 2.33. The average molecular weight is 337 g/mol. The van der Waals surface area contributed by atoms with Gasteiger partial charge in [0, 0.05) is 6.42 Å². The highest BCUT2D eigenvalue weighted by atomic mass is 16.5. The van der Waals surface area contributed by atoms with Crippen molar-refractivity contribution in [2.24, 2.45) is 5.73 Å². The Morgan fingerprint density at radius 2 is 1.72 bits per heavy atom. The molecule has 0 bridgehead atoms. The summed E-state index contributed by atoms with van der Waals surface area (Å²) < 4.78 is 4.81. The maximum absolute atomic E-state index is 10.6. The molecule has 0 saturated heterocycles. The SMILES string of the molecule is CCc1ncc(-c2ccccc2)[nH]1.NCC(=O)OCc1ccccc1. The van der Waals surface area contributed by atoms with Crippen molar-refractivity contribution in [1.29, 1.82) is 0 Å². The molecular formula is C20H23N3O2. The molecule has 0 amide bonds. The predicted octanol–water partition coefficient (Wildman–Crippen LogP) is 3.33. The van der Waals surface area contributed by atoms with Gasteiger partial charge in [-0.05, 0) is 11.1 Å². The minimum absolute atomic E-state index is 0.0627. The molecule has 0 atom stereocenters. The third kappa shape index (κ3) is 6.24. The summed E-state index contributed by atoms with van der Waals surface area (Å²) in [4.78, 5) is 18.2. The van der Waals surface area contributed by atoms with Crippen LogP contribution in [0.5, 0.6) is 0 Å². The number of aromatic amines is 1. The van der Waals surface area contributed by atoms with E-state index in [1.54, 1.807) is 0 Å². The Morgan fingerprint density at radius 1 is 1.08 bits per heavy atom. The molecule has 130 valence electrons. The molecule has 3 N–H and O–H groups in total. The fourth-order valence-electron chi connectivity index (χ4n) is 2.10. The van der Waals surface area contributed by atoms with Gasteiger partial charge in [-0.1, -0.05) is 67.6 Å². The van der Waals surface area contributed by atoms with Crippen LogP contribution in [0, 0.1) is 0 Å². The van der Waals surface area contributed by atoms with Crippen molar-refractivity contribution < 1.29 is 9.53 Å². The number of benzene rings is 2. The summed E-state index contributed by atoms with van der Waals surface area (Å²) in [6.07, 6.45) is 2.83. The van der Waals surface area contributed by atoms with Gasteiger partial charge in [-0.2, -0.15) is 0 Å². The molecule has 3 rings (SSSR count). The molecule has 0 aliphatic carbocycles. The van der Waals surface area contributed by atoms with E-state index in [1.807, 2.05) is 54.7 Å². The van der Waals surface area contributed by atoms with Crippen molar-refractivity contribution in [3.63, 3.8) is 0 Å². The lowest BCUT2D eigenvalue weighted by molar-refractivity contribution is -0.143. The molecule has 1 heterocycles. The maximum Gasteiger partial charge on any atom is 0.320 e. The third-order valence-corrected chi connectivity index (χ3v) is 3.46. The predicted molar refractivity (Wildman–Crippen MR) is 98.7 cm³/mol. The molecule has 3 aromatic rings. The highest BCUT2D eigenvalue weighted by Crippen LogP contribution is 2.15. The number of hydrogen-bond acceptors (Lipinski definition) is 4. The summed E-state index contributed by atoms with van der Waals surface area (Å²) >= 11 is 0. The van der Waals surface area contributed by atoms with Crippen molar-refractivity contribution in [3.05, 3.63) is 78.2 Å². The highest BCUT2D eigenvalue weighted by molar-refractivity contribution is 5.71. The Morgan fingerprint density at radius 3 is 2.28 bits per heavy atom. The molecule has 0 aliphatic heterocycles. The first-order valence-corrected chi connectivity index (χ1v) is 8.21. The second kappa shape index (κ2) is 10.1. The molecule has 0 unspecified atom stereocenters. The zero-order valence-electron chi connectivity index (χ0n) is 14.3. The number of imidazole rings is 1. The number of esters is 1. The summed E-state index contributed by atoms with van der Waals surface area (Å²) in [5.74, 6) is 0.665. The summed E-state index contributed by atoms with van der Waals surface area (Å²) in [6, 6.07) is 19.7. The van der Waals surface area contributed by atoms with E-state index in [4.69, 9.17) is 10.5 Å². The number of carbonyl (C=O) groups excluding carboxylic acids is 1. The average Bonchev–Trinajstić information content (AvgIpc) is 3.17. The Labute approximate surface area is 147 Å². The zero-order valence-corrected chi connectivity index (χ0v) is 14.3. The van der Waals surface area contributed by atoms with E-state index in [2.05, 4.69) is 29.0 Å². The monoisotopic (exact) mass is 337 g/mol. The van der Waals surface area contributed by atoms with Gasteiger partial charge in [0.25, 0.3) is 0 Å². The summed E-state index contributed by atoms with van der Waals surface area (Å²) in [5.41, 5.74) is 8.32. The number of nitrogens with zero attached hydrogens (tertiary/aromatic N) is 1. The number of carbonyl (C=O) groups is 1. The van der Waals surface area contributed by atoms with Crippen molar-refractivity contribution in [1.82, 2.24) is 9.97 Å². The number of aromatic nitrogens is 2. The van der Waals surface area contributed by atoms with Crippen LogP contribution >= 0.6 is 0 Å². The lowest BCUT2D eigenvalue weighted by Crippen LogP contribution is -2.16. The Balaban J connectivity index is 0.000000181. The number of hydrogen-bond donors (Lipinski definition) is 2. The van der Waals surface area contributed by atoms with Gasteiger partial charge in [-0.3, -0.25) is 4.79 Å². The maximum atomic E-state index is 10.6. The van der Waals surface area contributed by atoms with Gasteiger partial charge >= 0.3 is 5.97 Å². The zero-order chi connectivity index (χ0) is 17.9. The van der Waals surface area contributed by atoms with Crippen molar-refractivity contribution in [3.8, 4) is 11.3 Å². The highest BCUT2D eigenvalue weighted by Gasteiger charge is 2.00. The molecule has 0 fully saturated rings. The lowest BCUT2D eigenvalue weighted by Gasteiger charge is -2.01. The molecule has 0 aliphatic rings. The van der Waals surface area contributed by atoms with Gasteiger partial charge in [0.2, 0.25) is 0 Å². The van der Waals surface area contributed by atoms with E-state index in [-0.39, 0.29) is 12.5 Å². The van der Waals surface area contributed by atoms with Crippen LogP contribution in [-0.2, 0) is 22.6 Å². The topological polar surface area (TPSA) is 81.0 Å². The van der Waals surface area contributed by atoms with Gasteiger partial charge in [-0.25, -0.2) is 4.98 Å². The smallest absolute Gasteiger partial charge is 0.320 e. The Hall–Kier alpha value is -2.92. The fraction of sp³-hybridized carbons (Fsp3) is 0.200. The van der Waals surface area contributed by atoms with E-state index < -0.39 is 0 Å². The van der Waals surface area contributed by atoms with Crippen LogP contribution in [0.3, 0.4) is 0 Å². The normalized spacial score (nSPS) is 9.84. The molecule has 1 aromatic heterocycles. The van der Waals surface area contributed by atoms with Gasteiger partial charge in [-0.15, -0.1) is 0 Å². The van der Waals surface area contributed by atoms with E-state index >= 15 is 0 Å². The number of aryl methyl sites for hydroxylation is 1. The first-order valence-electron chi connectivity index (χ1n) is 8.21. The van der Waals surface area contributed by atoms with Crippen LogP contribution in [-0.4, -0.2) is 22.5 Å². The number of rotatable bonds is 5. The minimum Gasteiger partial charge on any atom is -0.460 e. The molecular weight excluding hydrogens is 314 g/mol. The van der Waals surface area contributed by atoms with Crippen LogP contribution in [0.15, 0.2) is 66.9 Å². The minimum atomic E-state index is -0.376. The van der Waals surface area contributed by atoms with Gasteiger partial charge in [0.05, 0.1) is 18.4 Å². The molecule has 5 heteroatoms. The molecule has 0 saturated carbocycles. The molecule has 2 aromatic carbocycles. The number of nitrogens with two attached hydrogens (primary N) is 1. The molecule has 25 heavy (non-hydrogen) atoms. The van der Waals surface area contributed by atoms with Crippen LogP contribution in [0.2, 0.25) is 0 Å². The largest absolute Gasteiger partial charge is 0.460 e. The molecule has 5 nitrogen and oxygen atoms in total. The van der Waals surface area contributed by atoms with Gasteiger partial charge in [0.1, 0.15) is 12.4 Å². The Kier molecular flexibility index (Phi) is 7.41. The van der Waals surface area contributed by atoms with Crippen LogP contribution in [0.4, 0.5) is 0 Å². The number of ether oxygens (including phenoxy) is 1. The fourth-order valence-corrected chi connectivity index (χ4v) is 2.10. The molecule has 0 radical (unpaired) electrons. The van der Waals surface area contributed by atoms with Gasteiger partial charge < -0.3 is 15.5 Å². The first-order chi connectivity index (χ1) is 12.2. The van der Waals surface area contributed by atoms with Crippen molar-refractivity contribution >= 4 is 5.97 Å². The lowest BCUT2D eigenvalue weighted by atomic mass is 10.2. The third-order valence-electron chi connectivity index (χ3n) is 3.46. The number of H-pyrrole nitrogens is 1. The number of nitrogens with one attached hydrogen (secondary N) is 1. The van der Waals surface area contributed by atoms with E-state index in [0.717, 1.165) is 23.5 Å². The van der Waals surface area contributed by atoms with Crippen molar-refractivity contribution in [2.75, 3.05) is 6.54 Å². The first kappa shape index (κ1) is 18.4. The van der Waals surface area contributed by atoms with Gasteiger partial charge in [0.15, 0.2) is 0 Å². The summed E-state index contributed by atoms with van der Waals surface area (Å²) in [7, 11) is 0. The second-order valence-corrected chi connectivity index (χ2v) is 5.31.